The normalized spacial score (nSPS) is 37.8. The smallest absolute Gasteiger partial charge is 0.0656 e. The summed E-state index contributed by atoms with van der Waals surface area (Å²) < 4.78 is 5.74. The lowest BCUT2D eigenvalue weighted by Crippen LogP contribution is -2.42. The Bertz CT molecular complexity index is 287. The molecule has 2 unspecified atom stereocenters. The molecule has 0 spiro atoms. The van der Waals surface area contributed by atoms with Crippen LogP contribution in [0.3, 0.4) is 0 Å². The standard InChI is InChI=1S/C16H28O2/c1-16(2,18-3)15-7-5-4-6-14(15)12-8-10-13(17)11-9-12/h4,6,12-15,17H,5,7-11H2,1-3H3. The van der Waals surface area contributed by atoms with Crippen molar-refractivity contribution in [3.05, 3.63) is 12.2 Å². The van der Waals surface area contributed by atoms with Gasteiger partial charge in [0.25, 0.3) is 0 Å². The Morgan fingerprint density at radius 1 is 1.11 bits per heavy atom. The van der Waals surface area contributed by atoms with Gasteiger partial charge in [0.2, 0.25) is 0 Å². The number of aliphatic hydroxyl groups excluding tert-OH is 1. The third-order valence-corrected chi connectivity index (χ3v) is 5.17. The summed E-state index contributed by atoms with van der Waals surface area (Å²) in [4.78, 5) is 0. The lowest BCUT2D eigenvalue weighted by Gasteiger charge is -2.44. The van der Waals surface area contributed by atoms with E-state index in [4.69, 9.17) is 4.74 Å². The predicted octanol–water partition coefficient (Wildman–Crippen LogP) is 3.54. The molecule has 0 aromatic carbocycles. The molecule has 0 saturated heterocycles. The van der Waals surface area contributed by atoms with E-state index in [0.717, 1.165) is 18.8 Å². The average molecular weight is 252 g/mol. The summed E-state index contributed by atoms with van der Waals surface area (Å²) >= 11 is 0. The summed E-state index contributed by atoms with van der Waals surface area (Å²) in [5.41, 5.74) is -0.0362. The van der Waals surface area contributed by atoms with Crippen LogP contribution in [0.4, 0.5) is 0 Å². The first-order chi connectivity index (χ1) is 8.54. The second-order valence-electron chi connectivity index (χ2n) is 6.57. The molecular weight excluding hydrogens is 224 g/mol. The van der Waals surface area contributed by atoms with Gasteiger partial charge in [0.05, 0.1) is 11.7 Å². The molecule has 1 fully saturated rings. The molecule has 0 aliphatic heterocycles. The molecule has 18 heavy (non-hydrogen) atoms. The van der Waals surface area contributed by atoms with E-state index in [9.17, 15) is 5.11 Å². The van der Waals surface area contributed by atoms with Gasteiger partial charge in [0.15, 0.2) is 0 Å². The van der Waals surface area contributed by atoms with Crippen LogP contribution in [0.2, 0.25) is 0 Å². The first-order valence-corrected chi connectivity index (χ1v) is 7.44. The van der Waals surface area contributed by atoms with Crippen molar-refractivity contribution in [2.75, 3.05) is 7.11 Å². The van der Waals surface area contributed by atoms with Gasteiger partial charge in [0, 0.05) is 7.11 Å². The zero-order valence-corrected chi connectivity index (χ0v) is 12.1. The number of methoxy groups -OCH3 is 1. The third-order valence-electron chi connectivity index (χ3n) is 5.17. The van der Waals surface area contributed by atoms with Gasteiger partial charge in [0.1, 0.15) is 0 Å². The summed E-state index contributed by atoms with van der Waals surface area (Å²) in [5.74, 6) is 2.00. The van der Waals surface area contributed by atoms with E-state index in [2.05, 4.69) is 26.0 Å². The van der Waals surface area contributed by atoms with Crippen LogP contribution < -0.4 is 0 Å². The van der Waals surface area contributed by atoms with Crippen LogP contribution in [0.25, 0.3) is 0 Å². The second-order valence-corrected chi connectivity index (χ2v) is 6.57. The van der Waals surface area contributed by atoms with Crippen molar-refractivity contribution in [3.8, 4) is 0 Å². The molecule has 0 aromatic heterocycles. The molecule has 1 N–H and O–H groups in total. The van der Waals surface area contributed by atoms with Crippen LogP contribution in [0.5, 0.6) is 0 Å². The van der Waals surface area contributed by atoms with Gasteiger partial charge >= 0.3 is 0 Å². The Morgan fingerprint density at radius 2 is 1.78 bits per heavy atom. The Morgan fingerprint density at radius 3 is 2.39 bits per heavy atom. The van der Waals surface area contributed by atoms with Crippen LogP contribution in [0, 0.1) is 17.8 Å². The number of hydrogen-bond acceptors (Lipinski definition) is 2. The maximum absolute atomic E-state index is 9.65. The highest BCUT2D eigenvalue weighted by molar-refractivity contribution is 5.04. The molecule has 0 radical (unpaired) electrons. The van der Waals surface area contributed by atoms with E-state index >= 15 is 0 Å². The average Bonchev–Trinajstić information content (AvgIpc) is 2.40. The number of aliphatic hydroxyl groups is 1. The topological polar surface area (TPSA) is 29.5 Å². The van der Waals surface area contributed by atoms with Gasteiger partial charge in [-0.1, -0.05) is 12.2 Å². The Kier molecular flexibility index (Phi) is 4.50. The molecule has 2 rings (SSSR count). The zero-order chi connectivity index (χ0) is 13.2. The van der Waals surface area contributed by atoms with Crippen LogP contribution in [-0.2, 0) is 4.74 Å². The van der Waals surface area contributed by atoms with Crippen molar-refractivity contribution in [2.24, 2.45) is 17.8 Å². The molecule has 2 atom stereocenters. The predicted molar refractivity (Wildman–Crippen MR) is 74.4 cm³/mol. The number of hydrogen-bond donors (Lipinski definition) is 1. The summed E-state index contributed by atoms with van der Waals surface area (Å²) in [5, 5.41) is 9.65. The molecule has 1 saturated carbocycles. The van der Waals surface area contributed by atoms with E-state index in [-0.39, 0.29) is 11.7 Å². The number of ether oxygens (including phenoxy) is 1. The fourth-order valence-electron chi connectivity index (χ4n) is 3.79. The van der Waals surface area contributed by atoms with Gasteiger partial charge in [-0.2, -0.15) is 0 Å². The molecule has 0 heterocycles. The minimum atomic E-state index is -0.0531. The number of rotatable bonds is 3. The van der Waals surface area contributed by atoms with Crippen LogP contribution in [0.1, 0.15) is 52.4 Å². The van der Waals surface area contributed by atoms with E-state index in [1.54, 1.807) is 0 Å². The maximum atomic E-state index is 9.65. The summed E-state index contributed by atoms with van der Waals surface area (Å²) in [6, 6.07) is 0. The lowest BCUT2D eigenvalue weighted by molar-refractivity contribution is -0.0602. The number of allylic oxidation sites excluding steroid dienone is 2. The van der Waals surface area contributed by atoms with Crippen molar-refractivity contribution in [3.63, 3.8) is 0 Å². The molecule has 2 heteroatoms. The minimum Gasteiger partial charge on any atom is -0.393 e. The minimum absolute atomic E-state index is 0.0362. The fraction of sp³-hybridized carbons (Fsp3) is 0.875. The van der Waals surface area contributed by atoms with Gasteiger partial charge in [-0.3, -0.25) is 0 Å². The highest BCUT2D eigenvalue weighted by Gasteiger charge is 2.39. The van der Waals surface area contributed by atoms with Gasteiger partial charge in [-0.15, -0.1) is 0 Å². The van der Waals surface area contributed by atoms with Crippen LogP contribution in [0.15, 0.2) is 12.2 Å². The molecule has 2 nitrogen and oxygen atoms in total. The Balaban J connectivity index is 2.08. The largest absolute Gasteiger partial charge is 0.393 e. The second kappa shape index (κ2) is 5.75. The molecule has 104 valence electrons. The summed E-state index contributed by atoms with van der Waals surface area (Å²) in [6.07, 6.45) is 11.4. The molecular formula is C16H28O2. The highest BCUT2D eigenvalue weighted by atomic mass is 16.5. The zero-order valence-electron chi connectivity index (χ0n) is 12.1. The quantitative estimate of drug-likeness (QED) is 0.778. The monoisotopic (exact) mass is 252 g/mol. The first kappa shape index (κ1) is 14.1. The van der Waals surface area contributed by atoms with E-state index in [1.165, 1.54) is 25.7 Å². The van der Waals surface area contributed by atoms with E-state index in [0.29, 0.717) is 11.8 Å². The molecule has 0 bridgehead atoms. The highest BCUT2D eigenvalue weighted by Crippen LogP contribution is 2.43. The van der Waals surface area contributed by atoms with Crippen molar-refractivity contribution in [1.82, 2.24) is 0 Å². The van der Waals surface area contributed by atoms with Gasteiger partial charge in [-0.25, -0.2) is 0 Å². The maximum Gasteiger partial charge on any atom is 0.0656 e. The van der Waals surface area contributed by atoms with Crippen LogP contribution >= 0.6 is 0 Å². The SMILES string of the molecule is COC(C)(C)C1CCC=CC1C1CCC(O)CC1. The molecule has 0 amide bonds. The van der Waals surface area contributed by atoms with E-state index in [1.807, 2.05) is 7.11 Å². The first-order valence-electron chi connectivity index (χ1n) is 7.44. The Hall–Kier alpha value is -0.340. The Labute approximate surface area is 111 Å². The summed E-state index contributed by atoms with van der Waals surface area (Å²) in [6.45, 7) is 4.45. The molecule has 2 aliphatic carbocycles. The molecule has 2 aliphatic rings. The van der Waals surface area contributed by atoms with Crippen molar-refractivity contribution < 1.29 is 9.84 Å². The lowest BCUT2D eigenvalue weighted by atomic mass is 9.65. The molecule has 0 aromatic rings. The summed E-state index contributed by atoms with van der Waals surface area (Å²) in [7, 11) is 1.83. The van der Waals surface area contributed by atoms with Crippen molar-refractivity contribution >= 4 is 0 Å². The van der Waals surface area contributed by atoms with Gasteiger partial charge in [-0.05, 0) is 70.1 Å². The van der Waals surface area contributed by atoms with Gasteiger partial charge < -0.3 is 9.84 Å². The third kappa shape index (κ3) is 2.97. The van der Waals surface area contributed by atoms with Crippen molar-refractivity contribution in [2.45, 2.75) is 64.1 Å². The van der Waals surface area contributed by atoms with Crippen LogP contribution in [-0.4, -0.2) is 23.9 Å². The fourth-order valence-corrected chi connectivity index (χ4v) is 3.79. The van der Waals surface area contributed by atoms with E-state index < -0.39 is 0 Å². The van der Waals surface area contributed by atoms with Crippen molar-refractivity contribution in [1.29, 1.82) is 0 Å².